The maximum absolute atomic E-state index is 12.2. The molecule has 1 N–H and O–H groups in total. The zero-order chi connectivity index (χ0) is 10.3. The zero-order valence-electron chi connectivity index (χ0n) is 9.01. The van der Waals surface area contributed by atoms with E-state index in [1.54, 1.807) is 0 Å². The number of fused-ring (bicyclic) bond motifs is 2. The van der Waals surface area contributed by atoms with Gasteiger partial charge in [0.2, 0.25) is 0 Å². The van der Waals surface area contributed by atoms with E-state index in [9.17, 15) is 4.79 Å². The van der Waals surface area contributed by atoms with E-state index in [0.29, 0.717) is 5.43 Å². The van der Waals surface area contributed by atoms with Crippen LogP contribution in [0.5, 0.6) is 0 Å². The minimum absolute atomic E-state index is 0.336. The number of hydrogen-bond acceptors (Lipinski definition) is 1. The van der Waals surface area contributed by atoms with E-state index in [1.165, 1.54) is 31.4 Å². The highest BCUT2D eigenvalue weighted by atomic mass is 16.1. The number of hydrogen-bond donors (Lipinski definition) is 1. The van der Waals surface area contributed by atoms with E-state index in [1.807, 2.05) is 0 Å². The maximum atomic E-state index is 12.2. The Morgan fingerprint density at radius 3 is 2.73 bits per heavy atom. The molecular weight excluding hydrogens is 188 g/mol. The normalized spacial score (nSPS) is 19.5. The fourth-order valence-corrected chi connectivity index (χ4v) is 2.81. The van der Waals surface area contributed by atoms with Gasteiger partial charge in [-0.1, -0.05) is 0 Å². The lowest BCUT2D eigenvalue weighted by atomic mass is 9.94. The first kappa shape index (κ1) is 9.13. The van der Waals surface area contributed by atoms with E-state index in [2.05, 4.69) is 9.78 Å². The van der Waals surface area contributed by atoms with Gasteiger partial charge in [0.25, 0.3) is 11.1 Å². The molecule has 0 saturated heterocycles. The number of rotatable bonds is 0. The van der Waals surface area contributed by atoms with Crippen LogP contribution in [0.1, 0.15) is 42.6 Å². The van der Waals surface area contributed by atoms with Gasteiger partial charge in [0, 0.05) is 18.4 Å². The van der Waals surface area contributed by atoms with Crippen LogP contribution in [0, 0.1) is 0 Å². The third kappa shape index (κ3) is 1.41. The van der Waals surface area contributed by atoms with E-state index < -0.39 is 0 Å². The number of nitrogens with zero attached hydrogens (tertiary/aromatic N) is 1. The van der Waals surface area contributed by atoms with Gasteiger partial charge in [-0.2, -0.15) is 5.10 Å². The van der Waals surface area contributed by atoms with Crippen LogP contribution in [0.4, 0.5) is 0 Å². The van der Waals surface area contributed by atoms with Crippen molar-refractivity contribution in [3.8, 4) is 0 Å². The van der Waals surface area contributed by atoms with Gasteiger partial charge in [-0.25, -0.2) is 0 Å². The number of aromatic nitrogens is 2. The van der Waals surface area contributed by atoms with Crippen molar-refractivity contribution in [2.24, 2.45) is 0 Å². The lowest BCUT2D eigenvalue weighted by molar-refractivity contribution is -0.766. The van der Waals surface area contributed by atoms with Crippen molar-refractivity contribution < 1.29 is 4.68 Å². The maximum Gasteiger partial charge on any atom is 0.253 e. The Balaban J connectivity index is 2.20. The molecule has 1 aromatic heterocycles. The summed E-state index contributed by atoms with van der Waals surface area (Å²) < 4.78 is 2.09. The van der Waals surface area contributed by atoms with Gasteiger partial charge in [-0.3, -0.25) is 4.79 Å². The van der Waals surface area contributed by atoms with Gasteiger partial charge in [0.1, 0.15) is 0 Å². The van der Waals surface area contributed by atoms with Crippen LogP contribution >= 0.6 is 0 Å². The van der Waals surface area contributed by atoms with Crippen LogP contribution in [-0.4, -0.2) is 5.10 Å². The van der Waals surface area contributed by atoms with Crippen molar-refractivity contribution >= 4 is 0 Å². The average Bonchev–Trinajstić information content (AvgIpc) is 2.30. The largest absolute Gasteiger partial charge is 0.282 e. The average molecular weight is 205 g/mol. The number of aryl methyl sites for hydroxylation is 2. The molecule has 0 saturated carbocycles. The highest BCUT2D eigenvalue weighted by molar-refractivity contribution is 5.22. The molecule has 80 valence electrons. The van der Waals surface area contributed by atoms with Gasteiger partial charge >= 0.3 is 0 Å². The van der Waals surface area contributed by atoms with Crippen LogP contribution in [0.15, 0.2) is 4.79 Å². The van der Waals surface area contributed by atoms with Crippen molar-refractivity contribution in [1.82, 2.24) is 5.10 Å². The minimum atomic E-state index is 0.336. The Kier molecular flexibility index (Phi) is 2.11. The van der Waals surface area contributed by atoms with Crippen LogP contribution in [0.3, 0.4) is 0 Å². The summed E-state index contributed by atoms with van der Waals surface area (Å²) in [5.74, 6) is 0. The summed E-state index contributed by atoms with van der Waals surface area (Å²) in [6.45, 7) is 0.998. The number of nitrogens with one attached hydrogen (secondary N) is 1. The Morgan fingerprint density at radius 1 is 1.00 bits per heavy atom. The fourth-order valence-electron chi connectivity index (χ4n) is 2.81. The summed E-state index contributed by atoms with van der Waals surface area (Å²) in [4.78, 5) is 12.2. The summed E-state index contributed by atoms with van der Waals surface area (Å²) in [5.41, 5.74) is 3.64. The van der Waals surface area contributed by atoms with Gasteiger partial charge < -0.3 is 0 Å². The molecule has 0 radical (unpaired) electrons. The van der Waals surface area contributed by atoms with Gasteiger partial charge in [0.05, 0.1) is 5.69 Å². The second-order valence-electron chi connectivity index (χ2n) is 4.66. The number of H-pyrrole nitrogens is 1. The number of aromatic amines is 1. The molecule has 3 rings (SSSR count). The van der Waals surface area contributed by atoms with Crippen molar-refractivity contribution in [2.45, 2.75) is 51.5 Å². The van der Waals surface area contributed by atoms with Gasteiger partial charge in [-0.05, 0) is 32.1 Å². The van der Waals surface area contributed by atoms with Crippen molar-refractivity contribution in [1.29, 1.82) is 0 Å². The van der Waals surface area contributed by atoms with E-state index >= 15 is 0 Å². The molecule has 0 bridgehead atoms. The third-order valence-corrected chi connectivity index (χ3v) is 3.65. The topological polar surface area (TPSA) is 36.7 Å². The molecule has 0 amide bonds. The lowest BCUT2D eigenvalue weighted by Gasteiger charge is -2.16. The van der Waals surface area contributed by atoms with E-state index in [-0.39, 0.29) is 0 Å². The van der Waals surface area contributed by atoms with Crippen LogP contribution in [0.25, 0.3) is 0 Å². The standard InChI is InChI=1S/C12H16N2O/c15-12-9-5-1-2-6-10(9)13-14-8-4-3-7-11(12)14/h1-8H2/p+1. The van der Waals surface area contributed by atoms with Crippen LogP contribution in [-0.2, 0) is 25.8 Å². The Labute approximate surface area is 89.1 Å². The SMILES string of the molecule is O=c1c2c([nH][n+]3c1CCCC3)CCCC2. The molecule has 0 unspecified atom stereocenters. The first-order chi connectivity index (χ1) is 7.36. The predicted octanol–water partition coefficient (Wildman–Crippen LogP) is 0.877. The van der Waals surface area contributed by atoms with E-state index in [0.717, 1.165) is 37.1 Å². The minimum Gasteiger partial charge on any atom is -0.282 e. The Hall–Kier alpha value is -1.12. The molecule has 1 aliphatic heterocycles. The van der Waals surface area contributed by atoms with Crippen molar-refractivity contribution in [2.75, 3.05) is 0 Å². The molecule has 0 atom stereocenters. The molecule has 3 nitrogen and oxygen atoms in total. The quantitative estimate of drug-likeness (QED) is 0.627. The first-order valence-electron chi connectivity index (χ1n) is 6.03. The summed E-state index contributed by atoms with van der Waals surface area (Å²) in [7, 11) is 0. The summed E-state index contributed by atoms with van der Waals surface area (Å²) in [5, 5.41) is 3.44. The third-order valence-electron chi connectivity index (χ3n) is 3.65. The molecule has 0 spiro atoms. The molecule has 2 heterocycles. The molecule has 1 aromatic rings. The molecule has 2 aliphatic rings. The van der Waals surface area contributed by atoms with E-state index in [4.69, 9.17) is 0 Å². The first-order valence-corrected chi connectivity index (χ1v) is 6.03. The summed E-state index contributed by atoms with van der Waals surface area (Å²) in [6.07, 6.45) is 7.78. The zero-order valence-corrected chi connectivity index (χ0v) is 9.01. The summed E-state index contributed by atoms with van der Waals surface area (Å²) >= 11 is 0. The smallest absolute Gasteiger partial charge is 0.253 e. The molecule has 15 heavy (non-hydrogen) atoms. The van der Waals surface area contributed by atoms with Crippen molar-refractivity contribution in [3.05, 3.63) is 27.2 Å². The molecule has 1 aliphatic carbocycles. The second kappa shape index (κ2) is 3.47. The Morgan fingerprint density at radius 2 is 1.80 bits per heavy atom. The molecule has 0 aromatic carbocycles. The highest BCUT2D eigenvalue weighted by Crippen LogP contribution is 2.16. The predicted molar refractivity (Wildman–Crippen MR) is 56.8 cm³/mol. The van der Waals surface area contributed by atoms with Crippen molar-refractivity contribution in [3.63, 3.8) is 0 Å². The fraction of sp³-hybridized carbons (Fsp3) is 0.667. The summed E-state index contributed by atoms with van der Waals surface area (Å²) in [6, 6.07) is 0. The second-order valence-corrected chi connectivity index (χ2v) is 4.66. The highest BCUT2D eigenvalue weighted by Gasteiger charge is 2.26. The van der Waals surface area contributed by atoms with Gasteiger partial charge in [-0.15, -0.1) is 4.68 Å². The Bertz CT molecular complexity index is 410. The monoisotopic (exact) mass is 205 g/mol. The lowest BCUT2D eigenvalue weighted by Crippen LogP contribution is -2.51. The van der Waals surface area contributed by atoms with Gasteiger partial charge in [0.15, 0.2) is 6.54 Å². The molecule has 0 fully saturated rings. The van der Waals surface area contributed by atoms with Crippen LogP contribution < -0.4 is 10.1 Å². The van der Waals surface area contributed by atoms with Crippen LogP contribution in [0.2, 0.25) is 0 Å². The molecule has 3 heteroatoms. The molecular formula is C12H17N2O+.